The fraction of sp³-hybridized carbons (Fsp3) is 0.333. The fourth-order valence-corrected chi connectivity index (χ4v) is 3.97. The molecule has 0 bridgehead atoms. The summed E-state index contributed by atoms with van der Waals surface area (Å²) in [5.41, 5.74) is 0.952. The Morgan fingerprint density at radius 3 is 2.67 bits per heavy atom. The molecule has 1 N–H and O–H groups in total. The molecule has 6 heteroatoms. The van der Waals surface area contributed by atoms with E-state index >= 15 is 0 Å². The number of nitrogens with one attached hydrogen (secondary N) is 1. The summed E-state index contributed by atoms with van der Waals surface area (Å²) in [6.45, 7) is 2.34. The van der Waals surface area contributed by atoms with Crippen LogP contribution in [-0.4, -0.2) is 13.0 Å². The highest BCUT2D eigenvalue weighted by atomic mass is 32.2. The van der Waals surface area contributed by atoms with E-state index in [1.54, 1.807) is 6.07 Å². The minimum atomic E-state index is -3.38. The lowest BCUT2D eigenvalue weighted by atomic mass is 10.4. The summed E-state index contributed by atoms with van der Waals surface area (Å²) in [7, 11) is -1.47. The van der Waals surface area contributed by atoms with Gasteiger partial charge in [-0.1, -0.05) is 6.92 Å². The molecule has 0 aromatic carbocycles. The summed E-state index contributed by atoms with van der Waals surface area (Å²) >= 11 is 1.32. The van der Waals surface area contributed by atoms with Crippen LogP contribution in [0.3, 0.4) is 0 Å². The minimum absolute atomic E-state index is 0.322. The van der Waals surface area contributed by atoms with Crippen LogP contribution in [0.25, 0.3) is 0 Å². The third-order valence-corrected chi connectivity index (χ3v) is 5.73. The maximum absolute atomic E-state index is 12.0. The zero-order valence-electron chi connectivity index (χ0n) is 10.4. The van der Waals surface area contributed by atoms with Crippen molar-refractivity contribution < 1.29 is 8.42 Å². The Morgan fingerprint density at radius 2 is 2.11 bits per heavy atom. The molecule has 0 spiro atoms. The first-order chi connectivity index (χ1) is 8.51. The quantitative estimate of drug-likeness (QED) is 0.914. The zero-order chi connectivity index (χ0) is 13.2. The molecule has 0 aliphatic rings. The maximum Gasteiger partial charge on any atom is 0.250 e. The summed E-state index contributed by atoms with van der Waals surface area (Å²) in [5, 5.41) is 0. The number of rotatable bonds is 5. The first kappa shape index (κ1) is 13.3. The molecule has 0 aliphatic carbocycles. The van der Waals surface area contributed by atoms with Gasteiger partial charge in [-0.25, -0.2) is 13.1 Å². The van der Waals surface area contributed by atoms with E-state index in [0.717, 1.165) is 16.9 Å². The zero-order valence-corrected chi connectivity index (χ0v) is 12.0. The van der Waals surface area contributed by atoms with E-state index in [1.807, 2.05) is 43.1 Å². The SMILES string of the molecule is CCc1ccc(S(=O)(=O)NCc2ccn(C)c2)s1. The van der Waals surface area contributed by atoms with Gasteiger partial charge in [-0.2, -0.15) is 0 Å². The van der Waals surface area contributed by atoms with Gasteiger partial charge in [-0.15, -0.1) is 11.3 Å². The van der Waals surface area contributed by atoms with Crippen LogP contribution in [0.1, 0.15) is 17.4 Å². The summed E-state index contributed by atoms with van der Waals surface area (Å²) in [4.78, 5) is 1.08. The van der Waals surface area contributed by atoms with E-state index in [1.165, 1.54) is 11.3 Å². The predicted molar refractivity (Wildman–Crippen MR) is 73.1 cm³/mol. The second kappa shape index (κ2) is 5.26. The van der Waals surface area contributed by atoms with E-state index in [4.69, 9.17) is 0 Å². The van der Waals surface area contributed by atoms with Crippen molar-refractivity contribution in [1.82, 2.24) is 9.29 Å². The van der Waals surface area contributed by atoms with Gasteiger partial charge in [-0.3, -0.25) is 0 Å². The lowest BCUT2D eigenvalue weighted by molar-refractivity contribution is 0.583. The van der Waals surface area contributed by atoms with Gasteiger partial charge in [0, 0.05) is 30.9 Å². The van der Waals surface area contributed by atoms with Crippen molar-refractivity contribution in [3.05, 3.63) is 41.0 Å². The molecule has 0 fully saturated rings. The lowest BCUT2D eigenvalue weighted by Gasteiger charge is -2.02. The van der Waals surface area contributed by atoms with Crippen LogP contribution in [0.2, 0.25) is 0 Å². The maximum atomic E-state index is 12.0. The molecule has 2 heterocycles. The number of hydrogen-bond acceptors (Lipinski definition) is 3. The first-order valence-electron chi connectivity index (χ1n) is 5.70. The Hall–Kier alpha value is -1.11. The van der Waals surface area contributed by atoms with Crippen LogP contribution in [0.5, 0.6) is 0 Å². The molecule has 0 saturated carbocycles. The first-order valence-corrected chi connectivity index (χ1v) is 8.00. The third-order valence-electron chi connectivity index (χ3n) is 2.61. The molecule has 0 atom stereocenters. The largest absolute Gasteiger partial charge is 0.357 e. The van der Waals surface area contributed by atoms with E-state index in [0.29, 0.717) is 10.8 Å². The highest BCUT2D eigenvalue weighted by molar-refractivity contribution is 7.91. The van der Waals surface area contributed by atoms with Crippen molar-refractivity contribution in [1.29, 1.82) is 0 Å². The molecule has 0 saturated heterocycles. The smallest absolute Gasteiger partial charge is 0.250 e. The Bertz CT molecular complexity index is 626. The van der Waals surface area contributed by atoms with E-state index in [-0.39, 0.29) is 0 Å². The van der Waals surface area contributed by atoms with Crippen LogP contribution in [0.4, 0.5) is 0 Å². The van der Waals surface area contributed by atoms with E-state index in [9.17, 15) is 8.42 Å². The highest BCUT2D eigenvalue weighted by Gasteiger charge is 2.16. The van der Waals surface area contributed by atoms with Crippen LogP contribution in [0.15, 0.2) is 34.8 Å². The molecule has 4 nitrogen and oxygen atoms in total. The van der Waals surface area contributed by atoms with Gasteiger partial charge in [0.2, 0.25) is 10.0 Å². The van der Waals surface area contributed by atoms with Crippen molar-refractivity contribution in [2.45, 2.75) is 24.1 Å². The topological polar surface area (TPSA) is 51.1 Å². The van der Waals surface area contributed by atoms with Crippen LogP contribution in [-0.2, 0) is 30.0 Å². The van der Waals surface area contributed by atoms with Gasteiger partial charge in [0.25, 0.3) is 0 Å². The molecule has 0 unspecified atom stereocenters. The summed E-state index contributed by atoms with van der Waals surface area (Å²) in [6.07, 6.45) is 4.65. The molecular weight excluding hydrogens is 268 g/mol. The number of nitrogens with zero attached hydrogens (tertiary/aromatic N) is 1. The van der Waals surface area contributed by atoms with Gasteiger partial charge in [-0.05, 0) is 30.2 Å². The third kappa shape index (κ3) is 3.01. The van der Waals surface area contributed by atoms with E-state index < -0.39 is 10.0 Å². The second-order valence-corrected chi connectivity index (χ2v) is 7.25. The van der Waals surface area contributed by atoms with Crippen molar-refractivity contribution >= 4 is 21.4 Å². The van der Waals surface area contributed by atoms with Crippen LogP contribution in [0, 0.1) is 0 Å². The lowest BCUT2D eigenvalue weighted by Crippen LogP contribution is -2.22. The molecule has 2 aromatic rings. The average molecular weight is 284 g/mol. The molecule has 2 aromatic heterocycles. The van der Waals surface area contributed by atoms with Gasteiger partial charge in [0.1, 0.15) is 4.21 Å². The van der Waals surface area contributed by atoms with Gasteiger partial charge < -0.3 is 4.57 Å². The average Bonchev–Trinajstić information content (AvgIpc) is 2.95. The van der Waals surface area contributed by atoms with Crippen molar-refractivity contribution in [2.24, 2.45) is 7.05 Å². The number of aromatic nitrogens is 1. The second-order valence-electron chi connectivity index (χ2n) is 4.08. The van der Waals surface area contributed by atoms with Crippen molar-refractivity contribution in [3.63, 3.8) is 0 Å². The van der Waals surface area contributed by atoms with Crippen LogP contribution < -0.4 is 4.72 Å². The highest BCUT2D eigenvalue weighted by Crippen LogP contribution is 2.21. The standard InChI is InChI=1S/C12H16N2O2S2/c1-3-11-4-5-12(17-11)18(15,16)13-8-10-6-7-14(2)9-10/h4-7,9,13H,3,8H2,1-2H3. The summed E-state index contributed by atoms with van der Waals surface area (Å²) < 4.78 is 29.0. The predicted octanol–water partition coefficient (Wildman–Crippen LogP) is 2.13. The Labute approximate surface area is 111 Å². The number of aryl methyl sites for hydroxylation is 2. The molecule has 18 heavy (non-hydrogen) atoms. The minimum Gasteiger partial charge on any atom is -0.357 e. The number of hydrogen-bond donors (Lipinski definition) is 1. The molecular formula is C12H16N2O2S2. The fourth-order valence-electron chi connectivity index (χ4n) is 1.61. The molecule has 0 radical (unpaired) electrons. The molecule has 98 valence electrons. The molecule has 0 amide bonds. The van der Waals surface area contributed by atoms with Crippen molar-refractivity contribution in [3.8, 4) is 0 Å². The Morgan fingerprint density at radius 1 is 1.33 bits per heavy atom. The summed E-state index contributed by atoms with van der Waals surface area (Å²) in [6, 6.07) is 5.42. The van der Waals surface area contributed by atoms with Crippen LogP contribution >= 0.6 is 11.3 Å². The van der Waals surface area contributed by atoms with Gasteiger partial charge >= 0.3 is 0 Å². The number of sulfonamides is 1. The van der Waals surface area contributed by atoms with E-state index in [2.05, 4.69) is 4.72 Å². The normalized spacial score (nSPS) is 11.9. The molecule has 0 aliphatic heterocycles. The Balaban J connectivity index is 2.07. The molecule has 2 rings (SSSR count). The Kier molecular flexibility index (Phi) is 3.89. The summed E-state index contributed by atoms with van der Waals surface area (Å²) in [5.74, 6) is 0. The van der Waals surface area contributed by atoms with Gasteiger partial charge in [0.05, 0.1) is 0 Å². The number of thiophene rings is 1. The monoisotopic (exact) mass is 284 g/mol. The van der Waals surface area contributed by atoms with Crippen molar-refractivity contribution in [2.75, 3.05) is 0 Å². The van der Waals surface area contributed by atoms with Gasteiger partial charge in [0.15, 0.2) is 0 Å².